The normalized spacial score (nSPS) is 9.85. The number of carbonyl (C=O) groups excluding carboxylic acids is 1. The number of hydrogen-bond acceptors (Lipinski definition) is 2. The van der Waals surface area contributed by atoms with Gasteiger partial charge in [-0.3, -0.25) is 4.79 Å². The molecule has 0 heterocycles. The molecule has 0 aliphatic carbocycles. The number of methoxy groups -OCH3 is 1. The minimum atomic E-state index is -0.575. The van der Waals surface area contributed by atoms with Gasteiger partial charge in [0.05, 0.1) is 17.7 Å². The Labute approximate surface area is 93.9 Å². The molecule has 5 heteroatoms. The second kappa shape index (κ2) is 4.31. The molecule has 0 saturated heterocycles. The van der Waals surface area contributed by atoms with E-state index in [1.54, 1.807) is 0 Å². The molecule has 0 bridgehead atoms. The first kappa shape index (κ1) is 10.8. The molecular formula is C8H5BrCl2O2. The Morgan fingerprint density at radius 3 is 2.62 bits per heavy atom. The zero-order chi connectivity index (χ0) is 10.0. The van der Waals surface area contributed by atoms with Crippen LogP contribution in [0, 0.1) is 0 Å². The minimum Gasteiger partial charge on any atom is -0.496 e. The van der Waals surface area contributed by atoms with Crippen molar-refractivity contribution in [3.8, 4) is 5.75 Å². The van der Waals surface area contributed by atoms with Crippen LogP contribution in [-0.2, 0) is 0 Å². The zero-order valence-corrected chi connectivity index (χ0v) is 9.70. The lowest BCUT2D eigenvalue weighted by atomic mass is 10.2. The van der Waals surface area contributed by atoms with Crippen LogP contribution in [0.15, 0.2) is 16.6 Å². The van der Waals surface area contributed by atoms with Crippen molar-refractivity contribution < 1.29 is 9.53 Å². The molecule has 0 amide bonds. The Kier molecular flexibility index (Phi) is 3.59. The molecule has 1 aromatic carbocycles. The molecule has 0 aromatic heterocycles. The Morgan fingerprint density at radius 2 is 2.15 bits per heavy atom. The first-order valence-corrected chi connectivity index (χ1v) is 4.84. The van der Waals surface area contributed by atoms with Crippen molar-refractivity contribution in [1.82, 2.24) is 0 Å². The third-order valence-corrected chi connectivity index (χ3v) is 2.85. The number of carbonyl (C=O) groups is 1. The monoisotopic (exact) mass is 282 g/mol. The molecule has 1 aromatic rings. The summed E-state index contributed by atoms with van der Waals surface area (Å²) >= 11 is 14.3. The van der Waals surface area contributed by atoms with Crippen molar-refractivity contribution in [3.05, 3.63) is 27.2 Å². The van der Waals surface area contributed by atoms with E-state index in [0.29, 0.717) is 20.8 Å². The molecule has 2 nitrogen and oxygen atoms in total. The highest BCUT2D eigenvalue weighted by molar-refractivity contribution is 9.10. The van der Waals surface area contributed by atoms with Crippen LogP contribution in [0.3, 0.4) is 0 Å². The van der Waals surface area contributed by atoms with Gasteiger partial charge < -0.3 is 4.74 Å². The van der Waals surface area contributed by atoms with Gasteiger partial charge in [-0.05, 0) is 33.6 Å². The molecule has 13 heavy (non-hydrogen) atoms. The van der Waals surface area contributed by atoms with E-state index >= 15 is 0 Å². The largest absolute Gasteiger partial charge is 0.496 e. The number of benzene rings is 1. The molecule has 1 rings (SSSR count). The van der Waals surface area contributed by atoms with Crippen molar-refractivity contribution >= 4 is 44.4 Å². The summed E-state index contributed by atoms with van der Waals surface area (Å²) in [7, 11) is 1.45. The van der Waals surface area contributed by atoms with Gasteiger partial charge in [0.2, 0.25) is 0 Å². The lowest BCUT2D eigenvalue weighted by Crippen LogP contribution is -1.95. The molecule has 0 fully saturated rings. The highest BCUT2D eigenvalue weighted by atomic mass is 79.9. The average Bonchev–Trinajstić information content (AvgIpc) is 2.08. The molecule has 0 aliphatic rings. The first-order chi connectivity index (χ1) is 6.06. The number of halogens is 3. The maximum absolute atomic E-state index is 10.9. The van der Waals surface area contributed by atoms with Crippen molar-refractivity contribution in [2.24, 2.45) is 0 Å². The van der Waals surface area contributed by atoms with Gasteiger partial charge in [0, 0.05) is 10.5 Å². The lowest BCUT2D eigenvalue weighted by molar-refractivity contribution is 0.107. The summed E-state index contributed by atoms with van der Waals surface area (Å²) in [6.45, 7) is 0. The summed E-state index contributed by atoms with van der Waals surface area (Å²) in [6.07, 6.45) is 0. The molecule has 0 radical (unpaired) electrons. The second-order valence-electron chi connectivity index (χ2n) is 2.24. The highest BCUT2D eigenvalue weighted by Crippen LogP contribution is 2.31. The Hall–Kier alpha value is -0.250. The number of rotatable bonds is 2. The topological polar surface area (TPSA) is 26.3 Å². The van der Waals surface area contributed by atoms with E-state index in [9.17, 15) is 4.79 Å². The van der Waals surface area contributed by atoms with Gasteiger partial charge >= 0.3 is 0 Å². The quantitative estimate of drug-likeness (QED) is 0.777. The third kappa shape index (κ3) is 2.36. The summed E-state index contributed by atoms with van der Waals surface area (Å²) in [5.74, 6) is 0.369. The van der Waals surface area contributed by atoms with Crippen LogP contribution in [0.2, 0.25) is 5.02 Å². The maximum atomic E-state index is 10.9. The number of hydrogen-bond donors (Lipinski definition) is 0. The van der Waals surface area contributed by atoms with E-state index < -0.39 is 5.24 Å². The van der Waals surface area contributed by atoms with Crippen LogP contribution in [0.1, 0.15) is 10.4 Å². The predicted octanol–water partition coefficient (Wildman–Crippen LogP) is 3.49. The molecule has 0 spiro atoms. The van der Waals surface area contributed by atoms with Crippen LogP contribution in [0.5, 0.6) is 5.75 Å². The fourth-order valence-electron chi connectivity index (χ4n) is 0.851. The van der Waals surface area contributed by atoms with Crippen LogP contribution >= 0.6 is 39.1 Å². The summed E-state index contributed by atoms with van der Waals surface area (Å²) in [6, 6.07) is 3.05. The average molecular weight is 284 g/mol. The van der Waals surface area contributed by atoms with E-state index in [-0.39, 0.29) is 0 Å². The van der Waals surface area contributed by atoms with Crippen LogP contribution in [-0.4, -0.2) is 12.4 Å². The van der Waals surface area contributed by atoms with E-state index in [4.69, 9.17) is 27.9 Å². The molecule has 0 unspecified atom stereocenters. The molecule has 0 N–H and O–H groups in total. The Balaban J connectivity index is 3.33. The van der Waals surface area contributed by atoms with Gasteiger partial charge in [-0.2, -0.15) is 0 Å². The van der Waals surface area contributed by atoms with Crippen molar-refractivity contribution in [2.45, 2.75) is 0 Å². The predicted molar refractivity (Wildman–Crippen MR) is 55.9 cm³/mol. The van der Waals surface area contributed by atoms with Gasteiger partial charge in [0.15, 0.2) is 0 Å². The summed E-state index contributed by atoms with van der Waals surface area (Å²) in [5, 5.41) is -0.104. The maximum Gasteiger partial charge on any atom is 0.256 e. The van der Waals surface area contributed by atoms with Crippen molar-refractivity contribution in [2.75, 3.05) is 7.11 Å². The molecule has 0 saturated carbocycles. The van der Waals surface area contributed by atoms with Crippen LogP contribution in [0.25, 0.3) is 0 Å². The highest BCUT2D eigenvalue weighted by Gasteiger charge is 2.12. The molecular weight excluding hydrogens is 279 g/mol. The molecule has 0 atom stereocenters. The molecule has 0 aliphatic heterocycles. The zero-order valence-electron chi connectivity index (χ0n) is 6.61. The van der Waals surface area contributed by atoms with E-state index in [1.807, 2.05) is 0 Å². The van der Waals surface area contributed by atoms with Gasteiger partial charge in [-0.1, -0.05) is 11.6 Å². The van der Waals surface area contributed by atoms with Crippen molar-refractivity contribution in [3.63, 3.8) is 0 Å². The fourth-order valence-corrected chi connectivity index (χ4v) is 1.50. The summed E-state index contributed by atoms with van der Waals surface area (Å²) in [5.41, 5.74) is 0.292. The lowest BCUT2D eigenvalue weighted by Gasteiger charge is -2.06. The smallest absolute Gasteiger partial charge is 0.256 e. The van der Waals surface area contributed by atoms with Crippen molar-refractivity contribution in [1.29, 1.82) is 0 Å². The van der Waals surface area contributed by atoms with E-state index in [0.717, 1.165) is 0 Å². The van der Waals surface area contributed by atoms with Gasteiger partial charge in [0.1, 0.15) is 5.75 Å². The standard InChI is InChI=1S/C8H5BrCl2O2/c1-13-7-3-6(10)5(9)2-4(7)8(11)12/h2-3H,1H3. The third-order valence-electron chi connectivity index (χ3n) is 1.45. The van der Waals surface area contributed by atoms with Gasteiger partial charge in [0.25, 0.3) is 5.24 Å². The summed E-state index contributed by atoms with van der Waals surface area (Å²) < 4.78 is 5.54. The molecule has 70 valence electrons. The SMILES string of the molecule is COc1cc(Cl)c(Br)cc1C(=O)Cl. The van der Waals surface area contributed by atoms with Crippen LogP contribution in [0.4, 0.5) is 0 Å². The minimum absolute atomic E-state index is 0.292. The van der Waals surface area contributed by atoms with Gasteiger partial charge in [-0.15, -0.1) is 0 Å². The summed E-state index contributed by atoms with van der Waals surface area (Å²) in [4.78, 5) is 10.9. The first-order valence-electron chi connectivity index (χ1n) is 3.29. The Bertz CT molecular complexity index is 352. The Morgan fingerprint density at radius 1 is 1.54 bits per heavy atom. The van der Waals surface area contributed by atoms with E-state index in [1.165, 1.54) is 19.2 Å². The van der Waals surface area contributed by atoms with Crippen LogP contribution < -0.4 is 4.74 Å². The van der Waals surface area contributed by atoms with Gasteiger partial charge in [-0.25, -0.2) is 0 Å². The fraction of sp³-hybridized carbons (Fsp3) is 0.125. The second-order valence-corrected chi connectivity index (χ2v) is 3.85. The number of ether oxygens (including phenoxy) is 1. The van der Waals surface area contributed by atoms with E-state index in [2.05, 4.69) is 15.9 Å².